The Morgan fingerprint density at radius 2 is 2.08 bits per heavy atom. The Morgan fingerprint density at radius 1 is 1.38 bits per heavy atom. The van der Waals surface area contributed by atoms with Crippen LogP contribution in [0.25, 0.3) is 0 Å². The smallest absolute Gasteiger partial charge is 0.150 e. The summed E-state index contributed by atoms with van der Waals surface area (Å²) in [5, 5.41) is 0. The van der Waals surface area contributed by atoms with Gasteiger partial charge >= 0.3 is 0 Å². The zero-order chi connectivity index (χ0) is 9.26. The van der Waals surface area contributed by atoms with E-state index in [1.54, 1.807) is 6.20 Å². The third-order valence-electron chi connectivity index (χ3n) is 2.30. The summed E-state index contributed by atoms with van der Waals surface area (Å²) >= 11 is 3.31. The maximum atomic E-state index is 4.38. The molecule has 1 aliphatic rings. The highest BCUT2D eigenvalue weighted by Crippen LogP contribution is 2.21. The van der Waals surface area contributed by atoms with Crippen LogP contribution in [0, 0.1) is 6.92 Å². The number of nitrogens with zero attached hydrogens (tertiary/aromatic N) is 3. The van der Waals surface area contributed by atoms with E-state index in [9.17, 15) is 0 Å². The molecule has 4 heteroatoms. The first-order valence-electron chi connectivity index (χ1n) is 4.51. The van der Waals surface area contributed by atoms with Gasteiger partial charge in [0.2, 0.25) is 0 Å². The standard InChI is InChI=1S/C9H12BrN3/c1-7-9(11-6-8(10)12-7)13-4-2-3-5-13/h6H,2-5H2,1H3. The van der Waals surface area contributed by atoms with Crippen molar-refractivity contribution in [1.82, 2.24) is 9.97 Å². The van der Waals surface area contributed by atoms with Crippen molar-refractivity contribution in [2.45, 2.75) is 19.8 Å². The predicted octanol–water partition coefficient (Wildman–Crippen LogP) is 2.15. The van der Waals surface area contributed by atoms with E-state index in [2.05, 4.69) is 30.8 Å². The molecule has 0 atom stereocenters. The highest BCUT2D eigenvalue weighted by molar-refractivity contribution is 9.10. The van der Waals surface area contributed by atoms with E-state index in [4.69, 9.17) is 0 Å². The van der Waals surface area contributed by atoms with Gasteiger partial charge < -0.3 is 4.90 Å². The molecule has 1 aromatic rings. The molecule has 1 saturated heterocycles. The number of rotatable bonds is 1. The summed E-state index contributed by atoms with van der Waals surface area (Å²) in [6.07, 6.45) is 4.31. The van der Waals surface area contributed by atoms with Gasteiger partial charge in [0, 0.05) is 13.1 Å². The Morgan fingerprint density at radius 3 is 2.69 bits per heavy atom. The van der Waals surface area contributed by atoms with Crippen LogP contribution in [-0.4, -0.2) is 23.1 Å². The van der Waals surface area contributed by atoms with Gasteiger partial charge in [-0.25, -0.2) is 9.97 Å². The lowest BCUT2D eigenvalue weighted by Gasteiger charge is -2.17. The molecule has 0 radical (unpaired) electrons. The fourth-order valence-electron chi connectivity index (χ4n) is 1.69. The first kappa shape index (κ1) is 8.94. The van der Waals surface area contributed by atoms with E-state index in [0.717, 1.165) is 29.2 Å². The van der Waals surface area contributed by atoms with Crippen LogP contribution in [-0.2, 0) is 0 Å². The van der Waals surface area contributed by atoms with Gasteiger partial charge in [0.15, 0.2) is 0 Å². The first-order chi connectivity index (χ1) is 6.27. The second-order valence-corrected chi connectivity index (χ2v) is 4.11. The van der Waals surface area contributed by atoms with Crippen LogP contribution in [0.5, 0.6) is 0 Å². The van der Waals surface area contributed by atoms with Crippen LogP contribution in [0.1, 0.15) is 18.5 Å². The second kappa shape index (κ2) is 3.62. The molecule has 0 bridgehead atoms. The molecular weight excluding hydrogens is 230 g/mol. The third-order valence-corrected chi connectivity index (χ3v) is 2.68. The highest BCUT2D eigenvalue weighted by Gasteiger charge is 2.15. The van der Waals surface area contributed by atoms with Gasteiger partial charge in [0.1, 0.15) is 10.4 Å². The Bertz CT molecular complexity index is 308. The van der Waals surface area contributed by atoms with Crippen LogP contribution >= 0.6 is 15.9 Å². The fourth-order valence-corrected chi connectivity index (χ4v) is 2.05. The van der Waals surface area contributed by atoms with E-state index in [1.807, 2.05) is 6.92 Å². The average Bonchev–Trinajstić information content (AvgIpc) is 2.56. The van der Waals surface area contributed by atoms with E-state index in [0.29, 0.717) is 0 Å². The number of hydrogen-bond donors (Lipinski definition) is 0. The van der Waals surface area contributed by atoms with E-state index in [-0.39, 0.29) is 0 Å². The second-order valence-electron chi connectivity index (χ2n) is 3.30. The van der Waals surface area contributed by atoms with Gasteiger partial charge in [-0.05, 0) is 35.7 Å². The van der Waals surface area contributed by atoms with E-state index in [1.165, 1.54) is 12.8 Å². The minimum Gasteiger partial charge on any atom is -0.355 e. The zero-order valence-corrected chi connectivity index (χ0v) is 9.21. The molecule has 70 valence electrons. The van der Waals surface area contributed by atoms with E-state index < -0.39 is 0 Å². The molecule has 0 unspecified atom stereocenters. The molecular formula is C9H12BrN3. The summed E-state index contributed by atoms with van der Waals surface area (Å²) in [6.45, 7) is 4.25. The maximum Gasteiger partial charge on any atom is 0.150 e. The molecule has 0 N–H and O–H groups in total. The summed E-state index contributed by atoms with van der Waals surface area (Å²) in [4.78, 5) is 11.0. The minimum atomic E-state index is 0.813. The van der Waals surface area contributed by atoms with Crippen LogP contribution in [0.4, 0.5) is 5.82 Å². The summed E-state index contributed by atoms with van der Waals surface area (Å²) in [7, 11) is 0. The van der Waals surface area contributed by atoms with Gasteiger partial charge in [-0.3, -0.25) is 0 Å². The van der Waals surface area contributed by atoms with Crippen molar-refractivity contribution in [3.05, 3.63) is 16.5 Å². The Kier molecular flexibility index (Phi) is 2.49. The van der Waals surface area contributed by atoms with Gasteiger partial charge in [0.25, 0.3) is 0 Å². The SMILES string of the molecule is Cc1nc(Br)cnc1N1CCCC1. The number of aryl methyl sites for hydroxylation is 1. The largest absolute Gasteiger partial charge is 0.355 e. The molecule has 1 fully saturated rings. The molecule has 3 nitrogen and oxygen atoms in total. The van der Waals surface area contributed by atoms with Gasteiger partial charge in [0.05, 0.1) is 11.9 Å². The van der Waals surface area contributed by atoms with Crippen molar-refractivity contribution in [2.24, 2.45) is 0 Å². The predicted molar refractivity (Wildman–Crippen MR) is 55.9 cm³/mol. The molecule has 2 heterocycles. The molecule has 2 rings (SSSR count). The number of aromatic nitrogens is 2. The number of hydrogen-bond acceptors (Lipinski definition) is 3. The molecule has 0 aromatic carbocycles. The van der Waals surface area contributed by atoms with Gasteiger partial charge in [-0.1, -0.05) is 0 Å². The normalized spacial score (nSPS) is 16.6. The van der Waals surface area contributed by atoms with Crippen molar-refractivity contribution in [3.63, 3.8) is 0 Å². The Labute approximate surface area is 86.3 Å². The number of anilines is 1. The topological polar surface area (TPSA) is 29.0 Å². The molecule has 0 spiro atoms. The lowest BCUT2D eigenvalue weighted by Crippen LogP contribution is -2.20. The van der Waals surface area contributed by atoms with Crippen molar-refractivity contribution >= 4 is 21.7 Å². The fraction of sp³-hybridized carbons (Fsp3) is 0.556. The summed E-state index contributed by atoms with van der Waals surface area (Å²) < 4.78 is 0.813. The first-order valence-corrected chi connectivity index (χ1v) is 5.31. The van der Waals surface area contributed by atoms with Gasteiger partial charge in [-0.2, -0.15) is 0 Å². The van der Waals surface area contributed by atoms with Crippen LogP contribution in [0.15, 0.2) is 10.8 Å². The molecule has 0 amide bonds. The molecule has 0 saturated carbocycles. The van der Waals surface area contributed by atoms with Crippen LogP contribution < -0.4 is 4.90 Å². The number of halogens is 1. The Balaban J connectivity index is 2.29. The quantitative estimate of drug-likeness (QED) is 0.755. The molecule has 1 aliphatic heterocycles. The van der Waals surface area contributed by atoms with Crippen LogP contribution in [0.3, 0.4) is 0 Å². The average molecular weight is 242 g/mol. The van der Waals surface area contributed by atoms with Crippen molar-refractivity contribution < 1.29 is 0 Å². The minimum absolute atomic E-state index is 0.813. The summed E-state index contributed by atoms with van der Waals surface area (Å²) in [5.74, 6) is 1.04. The zero-order valence-electron chi connectivity index (χ0n) is 7.63. The third kappa shape index (κ3) is 1.82. The van der Waals surface area contributed by atoms with Crippen molar-refractivity contribution in [1.29, 1.82) is 0 Å². The van der Waals surface area contributed by atoms with Crippen LogP contribution in [0.2, 0.25) is 0 Å². The lowest BCUT2D eigenvalue weighted by atomic mass is 10.4. The van der Waals surface area contributed by atoms with Gasteiger partial charge in [-0.15, -0.1) is 0 Å². The molecule has 1 aromatic heterocycles. The lowest BCUT2D eigenvalue weighted by molar-refractivity contribution is 0.905. The molecule has 13 heavy (non-hydrogen) atoms. The molecule has 0 aliphatic carbocycles. The van der Waals surface area contributed by atoms with Crippen molar-refractivity contribution in [3.8, 4) is 0 Å². The summed E-state index contributed by atoms with van der Waals surface area (Å²) in [5.41, 5.74) is 1.01. The monoisotopic (exact) mass is 241 g/mol. The summed E-state index contributed by atoms with van der Waals surface area (Å²) in [6, 6.07) is 0. The maximum absolute atomic E-state index is 4.38. The Hall–Kier alpha value is -0.640. The van der Waals surface area contributed by atoms with Crippen molar-refractivity contribution in [2.75, 3.05) is 18.0 Å². The van der Waals surface area contributed by atoms with E-state index >= 15 is 0 Å². The highest BCUT2D eigenvalue weighted by atomic mass is 79.9.